The third-order valence-corrected chi connectivity index (χ3v) is 1.72. The molecule has 0 rings (SSSR count). The van der Waals surface area contributed by atoms with Crippen LogP contribution < -0.4 is 0 Å². The summed E-state index contributed by atoms with van der Waals surface area (Å²) in [5, 5.41) is 0. The van der Waals surface area contributed by atoms with Crippen LogP contribution in [-0.2, 0) is 9.22 Å². The first-order valence-corrected chi connectivity index (χ1v) is 4.11. The lowest BCUT2D eigenvalue weighted by Gasteiger charge is -1.90. The van der Waals surface area contributed by atoms with Crippen molar-refractivity contribution >= 4 is 15.8 Å². The second kappa shape index (κ2) is 6.56. The summed E-state index contributed by atoms with van der Waals surface area (Å²) in [5.74, 6) is 0. The van der Waals surface area contributed by atoms with Gasteiger partial charge < -0.3 is 4.43 Å². The molecule has 0 saturated carbocycles. The van der Waals surface area contributed by atoms with E-state index in [-0.39, 0.29) is 0 Å². The first-order chi connectivity index (χ1) is 3.91. The van der Waals surface area contributed by atoms with E-state index in [1.165, 1.54) is 6.08 Å². The van der Waals surface area contributed by atoms with Gasteiger partial charge in [-0.1, -0.05) is 0 Å². The molecule has 0 bridgehead atoms. The Morgan fingerprint density at radius 2 is 2.62 bits per heavy atom. The molecular formula is C4H9NO2Si. The minimum atomic E-state index is -0.529. The average molecular weight is 131 g/mol. The number of carbonyl (C=O) groups excluding carboxylic acids is 1. The standard InChI is InChI=1S/C4H9NO2Si/c1-2-7-8-4-5-3-6/h2,4,8H2,1H3. The van der Waals surface area contributed by atoms with Gasteiger partial charge in [0.25, 0.3) is 0 Å². The molecule has 8 heavy (non-hydrogen) atoms. The Morgan fingerprint density at radius 1 is 1.88 bits per heavy atom. The van der Waals surface area contributed by atoms with Crippen molar-refractivity contribution in [3.63, 3.8) is 0 Å². The van der Waals surface area contributed by atoms with E-state index in [2.05, 4.69) is 4.99 Å². The van der Waals surface area contributed by atoms with Crippen LogP contribution in [0, 0.1) is 0 Å². The zero-order chi connectivity index (χ0) is 6.24. The Labute approximate surface area is 50.7 Å². The molecule has 0 aliphatic rings. The second-order valence-electron chi connectivity index (χ2n) is 1.17. The summed E-state index contributed by atoms with van der Waals surface area (Å²) in [6.07, 6.45) is 2.02. The van der Waals surface area contributed by atoms with Crippen molar-refractivity contribution in [3.05, 3.63) is 0 Å². The highest BCUT2D eigenvalue weighted by Crippen LogP contribution is 1.68. The van der Waals surface area contributed by atoms with Crippen molar-refractivity contribution in [2.24, 2.45) is 4.99 Å². The van der Waals surface area contributed by atoms with E-state index < -0.39 is 9.76 Å². The average Bonchev–Trinajstić information content (AvgIpc) is 1.81. The molecule has 4 heteroatoms. The molecule has 0 aliphatic carbocycles. The maximum absolute atomic E-state index is 9.44. The summed E-state index contributed by atoms with van der Waals surface area (Å²) < 4.78 is 5.00. The van der Waals surface area contributed by atoms with Crippen LogP contribution in [0.1, 0.15) is 6.92 Å². The highest BCUT2D eigenvalue weighted by Gasteiger charge is 1.80. The quantitative estimate of drug-likeness (QED) is 0.221. The van der Waals surface area contributed by atoms with Crippen LogP contribution in [-0.4, -0.2) is 28.6 Å². The Hall–Kier alpha value is -0.443. The zero-order valence-electron chi connectivity index (χ0n) is 4.89. The molecule has 0 saturated heterocycles. The molecular weight excluding hydrogens is 122 g/mol. The van der Waals surface area contributed by atoms with E-state index >= 15 is 0 Å². The molecule has 0 fully saturated rings. The van der Waals surface area contributed by atoms with Gasteiger partial charge in [0, 0.05) is 6.61 Å². The predicted octanol–water partition coefficient (Wildman–Crippen LogP) is -0.600. The SMILES string of the molecule is CCO[SiH2]CN=C=O. The Bertz CT molecular complexity index is 90.0. The van der Waals surface area contributed by atoms with Gasteiger partial charge in [0.15, 0.2) is 9.76 Å². The van der Waals surface area contributed by atoms with Crippen molar-refractivity contribution in [3.8, 4) is 0 Å². The van der Waals surface area contributed by atoms with Gasteiger partial charge in [-0.15, -0.1) is 0 Å². The van der Waals surface area contributed by atoms with E-state index in [9.17, 15) is 4.79 Å². The lowest BCUT2D eigenvalue weighted by Crippen LogP contribution is -2.01. The van der Waals surface area contributed by atoms with Crippen molar-refractivity contribution in [2.75, 3.05) is 12.8 Å². The Morgan fingerprint density at radius 3 is 3.12 bits per heavy atom. The van der Waals surface area contributed by atoms with Gasteiger partial charge >= 0.3 is 0 Å². The van der Waals surface area contributed by atoms with Crippen LogP contribution in [0.15, 0.2) is 4.99 Å². The maximum atomic E-state index is 9.44. The summed E-state index contributed by atoms with van der Waals surface area (Å²) in [4.78, 5) is 12.8. The fourth-order valence-corrected chi connectivity index (χ4v) is 0.901. The fourth-order valence-electron chi connectivity index (χ4n) is 0.300. The normalized spacial score (nSPS) is 9.62. The van der Waals surface area contributed by atoms with Gasteiger partial charge in [-0.05, 0) is 6.92 Å². The zero-order valence-corrected chi connectivity index (χ0v) is 6.30. The fraction of sp³-hybridized carbons (Fsp3) is 0.750. The van der Waals surface area contributed by atoms with Crippen LogP contribution in [0.25, 0.3) is 0 Å². The molecule has 0 heterocycles. The molecule has 0 aliphatic heterocycles. The molecule has 0 amide bonds. The van der Waals surface area contributed by atoms with Crippen LogP contribution in [0.3, 0.4) is 0 Å². The molecule has 0 spiro atoms. The highest BCUT2D eigenvalue weighted by molar-refractivity contribution is 6.27. The predicted molar refractivity (Wildman–Crippen MR) is 33.2 cm³/mol. The summed E-state index contributed by atoms with van der Waals surface area (Å²) in [6.45, 7) is 2.66. The van der Waals surface area contributed by atoms with Gasteiger partial charge in [-0.25, -0.2) is 9.79 Å². The van der Waals surface area contributed by atoms with Crippen molar-refractivity contribution in [1.82, 2.24) is 0 Å². The molecule has 0 unspecified atom stereocenters. The molecule has 46 valence electrons. The molecule has 0 aromatic carbocycles. The summed E-state index contributed by atoms with van der Waals surface area (Å²) in [5.41, 5.74) is 0. The van der Waals surface area contributed by atoms with Gasteiger partial charge in [0.05, 0.1) is 6.17 Å². The van der Waals surface area contributed by atoms with Crippen LogP contribution in [0.5, 0.6) is 0 Å². The molecule has 3 nitrogen and oxygen atoms in total. The highest BCUT2D eigenvalue weighted by atomic mass is 28.2. The smallest absolute Gasteiger partial charge is 0.234 e. The minimum Gasteiger partial charge on any atom is -0.422 e. The van der Waals surface area contributed by atoms with Crippen molar-refractivity contribution in [1.29, 1.82) is 0 Å². The Kier molecular flexibility index (Phi) is 6.19. The molecule has 0 atom stereocenters. The summed E-state index contributed by atoms with van der Waals surface area (Å²) in [7, 11) is -0.529. The van der Waals surface area contributed by atoms with Crippen LogP contribution >= 0.6 is 0 Å². The lowest BCUT2D eigenvalue weighted by atomic mass is 10.9. The minimum absolute atomic E-state index is 0.529. The van der Waals surface area contributed by atoms with E-state index in [0.29, 0.717) is 6.17 Å². The first-order valence-electron chi connectivity index (χ1n) is 2.53. The number of rotatable bonds is 4. The molecule has 0 aromatic heterocycles. The summed E-state index contributed by atoms with van der Waals surface area (Å²) in [6, 6.07) is 0. The van der Waals surface area contributed by atoms with Crippen LogP contribution in [0.2, 0.25) is 0 Å². The number of nitrogens with zero attached hydrogens (tertiary/aromatic N) is 1. The number of aliphatic imine (C=N–C) groups is 1. The van der Waals surface area contributed by atoms with Crippen LogP contribution in [0.4, 0.5) is 0 Å². The largest absolute Gasteiger partial charge is 0.422 e. The number of hydrogen-bond donors (Lipinski definition) is 0. The van der Waals surface area contributed by atoms with E-state index in [0.717, 1.165) is 6.61 Å². The van der Waals surface area contributed by atoms with Crippen molar-refractivity contribution < 1.29 is 9.22 Å². The van der Waals surface area contributed by atoms with Gasteiger partial charge in [-0.2, -0.15) is 0 Å². The second-order valence-corrected chi connectivity index (χ2v) is 2.43. The monoisotopic (exact) mass is 131 g/mol. The summed E-state index contributed by atoms with van der Waals surface area (Å²) >= 11 is 0. The van der Waals surface area contributed by atoms with E-state index in [1.807, 2.05) is 6.92 Å². The van der Waals surface area contributed by atoms with Gasteiger partial charge in [0.1, 0.15) is 0 Å². The first kappa shape index (κ1) is 7.56. The molecule has 0 N–H and O–H groups in total. The lowest BCUT2D eigenvalue weighted by molar-refractivity contribution is 0.361. The molecule has 0 aromatic rings. The third kappa shape index (κ3) is 5.56. The number of isocyanates is 1. The van der Waals surface area contributed by atoms with E-state index in [4.69, 9.17) is 4.43 Å². The maximum Gasteiger partial charge on any atom is 0.234 e. The van der Waals surface area contributed by atoms with Gasteiger partial charge in [0.2, 0.25) is 6.08 Å². The van der Waals surface area contributed by atoms with Crippen molar-refractivity contribution in [2.45, 2.75) is 6.92 Å². The van der Waals surface area contributed by atoms with Gasteiger partial charge in [-0.3, -0.25) is 0 Å². The Balaban J connectivity index is 2.82. The molecule has 0 radical (unpaired) electrons. The third-order valence-electron chi connectivity index (χ3n) is 0.616. The van der Waals surface area contributed by atoms with E-state index in [1.54, 1.807) is 0 Å². The topological polar surface area (TPSA) is 38.7 Å². The number of hydrogen-bond acceptors (Lipinski definition) is 3.